The fraction of sp³-hybridized carbons (Fsp3) is 0. The summed E-state index contributed by atoms with van der Waals surface area (Å²) in [5.74, 6) is -1.13. The van der Waals surface area contributed by atoms with Gasteiger partial charge in [0.1, 0.15) is 0 Å². The molecule has 0 aliphatic carbocycles. The molecule has 0 saturated heterocycles. The van der Waals surface area contributed by atoms with E-state index in [9.17, 15) is 9.59 Å². The fourth-order valence-corrected chi connectivity index (χ4v) is 1.05. The molecule has 1 rings (SSSR count). The molecule has 0 atom stereocenters. The van der Waals surface area contributed by atoms with Crippen molar-refractivity contribution in [3.63, 3.8) is 0 Å². The van der Waals surface area contributed by atoms with Crippen LogP contribution in [-0.4, -0.2) is 17.5 Å². The van der Waals surface area contributed by atoms with E-state index in [4.69, 9.17) is 16.7 Å². The predicted octanol–water partition coefficient (Wildman–Crippen LogP) is 1.61. The van der Waals surface area contributed by atoms with Gasteiger partial charge < -0.3 is 10.4 Å². The first-order valence-electron chi connectivity index (χ1n) is 3.38. The maximum atomic E-state index is 10.6. The Morgan fingerprint density at radius 3 is 2.77 bits per heavy atom. The Balaban J connectivity index is 3.10. The van der Waals surface area contributed by atoms with E-state index < -0.39 is 5.97 Å². The number of aromatic carboxylic acids is 1. The van der Waals surface area contributed by atoms with Crippen LogP contribution in [0.15, 0.2) is 18.2 Å². The van der Waals surface area contributed by atoms with Gasteiger partial charge in [-0.15, -0.1) is 0 Å². The van der Waals surface area contributed by atoms with Crippen LogP contribution in [0.5, 0.6) is 0 Å². The number of anilines is 1. The van der Waals surface area contributed by atoms with Crippen LogP contribution in [0.2, 0.25) is 5.02 Å². The van der Waals surface area contributed by atoms with Crippen molar-refractivity contribution >= 4 is 29.7 Å². The van der Waals surface area contributed by atoms with Crippen molar-refractivity contribution in [1.82, 2.24) is 0 Å². The predicted molar refractivity (Wildman–Crippen MR) is 48.1 cm³/mol. The quantitative estimate of drug-likeness (QED) is 0.727. The van der Waals surface area contributed by atoms with E-state index in [1.807, 2.05) is 0 Å². The van der Waals surface area contributed by atoms with Crippen molar-refractivity contribution < 1.29 is 14.7 Å². The molecule has 1 amide bonds. The minimum absolute atomic E-state index is 0.0338. The standard InChI is InChI=1S/C8H6ClNO3/c9-7-2-1-5(10-4-11)3-6(7)8(12)13/h1-4H,(H,10,11)(H,12,13). The van der Waals surface area contributed by atoms with Crippen LogP contribution in [0.25, 0.3) is 0 Å². The van der Waals surface area contributed by atoms with Gasteiger partial charge in [0.15, 0.2) is 0 Å². The molecule has 1 aromatic carbocycles. The van der Waals surface area contributed by atoms with Gasteiger partial charge in [-0.1, -0.05) is 11.6 Å². The number of amides is 1. The van der Waals surface area contributed by atoms with Gasteiger partial charge in [0.25, 0.3) is 0 Å². The number of hydrogen-bond acceptors (Lipinski definition) is 2. The van der Waals surface area contributed by atoms with Gasteiger partial charge in [-0.05, 0) is 18.2 Å². The van der Waals surface area contributed by atoms with Gasteiger partial charge in [0.05, 0.1) is 10.6 Å². The average Bonchev–Trinajstić information content (AvgIpc) is 2.08. The van der Waals surface area contributed by atoms with Crippen LogP contribution in [0.3, 0.4) is 0 Å². The molecule has 0 saturated carbocycles. The summed E-state index contributed by atoms with van der Waals surface area (Å²) >= 11 is 5.59. The molecule has 0 fully saturated rings. The van der Waals surface area contributed by atoms with Gasteiger partial charge in [-0.2, -0.15) is 0 Å². The van der Waals surface area contributed by atoms with E-state index in [1.165, 1.54) is 18.2 Å². The molecule has 68 valence electrons. The third-order valence-corrected chi connectivity index (χ3v) is 1.75. The average molecular weight is 200 g/mol. The zero-order valence-corrected chi connectivity index (χ0v) is 7.21. The van der Waals surface area contributed by atoms with E-state index in [0.717, 1.165) is 0 Å². The van der Waals surface area contributed by atoms with Gasteiger partial charge in [0.2, 0.25) is 6.41 Å². The lowest BCUT2D eigenvalue weighted by atomic mass is 10.2. The van der Waals surface area contributed by atoms with E-state index in [2.05, 4.69) is 5.32 Å². The van der Waals surface area contributed by atoms with Crippen LogP contribution >= 0.6 is 11.6 Å². The second-order valence-corrected chi connectivity index (χ2v) is 2.67. The molecular weight excluding hydrogens is 194 g/mol. The second-order valence-electron chi connectivity index (χ2n) is 2.26. The first-order valence-corrected chi connectivity index (χ1v) is 3.76. The number of benzene rings is 1. The molecule has 0 unspecified atom stereocenters. The number of nitrogens with one attached hydrogen (secondary N) is 1. The maximum absolute atomic E-state index is 10.6. The minimum atomic E-state index is -1.13. The third-order valence-electron chi connectivity index (χ3n) is 1.42. The van der Waals surface area contributed by atoms with Gasteiger partial charge in [-0.3, -0.25) is 4.79 Å². The van der Waals surface area contributed by atoms with E-state index in [0.29, 0.717) is 12.1 Å². The van der Waals surface area contributed by atoms with Crippen LogP contribution in [-0.2, 0) is 4.79 Å². The highest BCUT2D eigenvalue weighted by Crippen LogP contribution is 2.19. The fourth-order valence-electron chi connectivity index (χ4n) is 0.847. The van der Waals surface area contributed by atoms with E-state index >= 15 is 0 Å². The van der Waals surface area contributed by atoms with Crippen LogP contribution in [0, 0.1) is 0 Å². The first-order chi connectivity index (χ1) is 6.15. The lowest BCUT2D eigenvalue weighted by Gasteiger charge is -2.01. The summed E-state index contributed by atoms with van der Waals surface area (Å²) in [5.41, 5.74) is 0.366. The van der Waals surface area contributed by atoms with Crippen LogP contribution < -0.4 is 5.32 Å². The molecule has 5 heteroatoms. The molecule has 0 aliphatic heterocycles. The number of carboxylic acids is 1. The highest BCUT2D eigenvalue weighted by molar-refractivity contribution is 6.33. The van der Waals surface area contributed by atoms with Gasteiger partial charge in [0, 0.05) is 5.69 Å². The number of halogens is 1. The highest BCUT2D eigenvalue weighted by atomic mass is 35.5. The molecule has 0 aliphatic rings. The summed E-state index contributed by atoms with van der Waals surface area (Å²) in [7, 11) is 0. The Labute approximate surface area is 79.1 Å². The maximum Gasteiger partial charge on any atom is 0.337 e. The third kappa shape index (κ3) is 2.19. The SMILES string of the molecule is O=CNc1ccc(Cl)c(C(=O)O)c1. The van der Waals surface area contributed by atoms with Crippen molar-refractivity contribution in [2.24, 2.45) is 0 Å². The monoisotopic (exact) mass is 199 g/mol. The van der Waals surface area contributed by atoms with Gasteiger partial charge >= 0.3 is 5.97 Å². The van der Waals surface area contributed by atoms with Crippen LogP contribution in [0.1, 0.15) is 10.4 Å². The molecule has 1 aromatic rings. The van der Waals surface area contributed by atoms with Crippen molar-refractivity contribution in [3.8, 4) is 0 Å². The van der Waals surface area contributed by atoms with E-state index in [-0.39, 0.29) is 10.6 Å². The summed E-state index contributed by atoms with van der Waals surface area (Å²) in [4.78, 5) is 20.6. The molecule has 2 N–H and O–H groups in total. The smallest absolute Gasteiger partial charge is 0.337 e. The molecule has 0 bridgehead atoms. The summed E-state index contributed by atoms with van der Waals surface area (Å²) in [5, 5.41) is 11.1. The Hall–Kier alpha value is -1.55. The number of hydrogen-bond donors (Lipinski definition) is 2. The minimum Gasteiger partial charge on any atom is -0.478 e. The van der Waals surface area contributed by atoms with Crippen molar-refractivity contribution in [1.29, 1.82) is 0 Å². The van der Waals surface area contributed by atoms with E-state index in [1.54, 1.807) is 0 Å². The number of carbonyl (C=O) groups excluding carboxylic acids is 1. The lowest BCUT2D eigenvalue weighted by Crippen LogP contribution is -2.00. The zero-order valence-electron chi connectivity index (χ0n) is 6.45. The van der Waals surface area contributed by atoms with Crippen molar-refractivity contribution in [2.45, 2.75) is 0 Å². The summed E-state index contributed by atoms with van der Waals surface area (Å²) in [6.07, 6.45) is 0.467. The molecule has 0 spiro atoms. The van der Waals surface area contributed by atoms with Crippen molar-refractivity contribution in [2.75, 3.05) is 5.32 Å². The topological polar surface area (TPSA) is 66.4 Å². The van der Waals surface area contributed by atoms with Gasteiger partial charge in [-0.25, -0.2) is 4.79 Å². The largest absolute Gasteiger partial charge is 0.478 e. The number of carbonyl (C=O) groups is 2. The molecular formula is C8H6ClNO3. The summed E-state index contributed by atoms with van der Waals surface area (Å²) in [6.45, 7) is 0. The Kier molecular flexibility index (Phi) is 2.87. The summed E-state index contributed by atoms with van der Waals surface area (Å²) < 4.78 is 0. The first kappa shape index (κ1) is 9.54. The molecule has 0 radical (unpaired) electrons. The molecule has 0 heterocycles. The lowest BCUT2D eigenvalue weighted by molar-refractivity contribution is -0.105. The molecule has 13 heavy (non-hydrogen) atoms. The second kappa shape index (κ2) is 3.91. The highest BCUT2D eigenvalue weighted by Gasteiger charge is 2.08. The number of carboxylic acid groups (broad SMARTS) is 1. The number of rotatable bonds is 3. The van der Waals surface area contributed by atoms with Crippen LogP contribution in [0.4, 0.5) is 5.69 Å². The summed E-state index contributed by atoms with van der Waals surface area (Å²) in [6, 6.07) is 4.22. The zero-order chi connectivity index (χ0) is 9.84. The Morgan fingerprint density at radius 2 is 2.23 bits per heavy atom. The Morgan fingerprint density at radius 1 is 1.54 bits per heavy atom. The normalized spacial score (nSPS) is 9.31. The Bertz CT molecular complexity index is 351. The molecule has 4 nitrogen and oxygen atoms in total. The van der Waals surface area contributed by atoms with Crippen molar-refractivity contribution in [3.05, 3.63) is 28.8 Å². The molecule has 0 aromatic heterocycles.